The van der Waals surface area contributed by atoms with Gasteiger partial charge < -0.3 is 0 Å². The fraction of sp³-hybridized carbons (Fsp3) is 0.300. The molecule has 0 fully saturated rings. The van der Waals surface area contributed by atoms with Crippen LogP contribution in [0.25, 0.3) is 0 Å². The molecule has 0 spiro atoms. The Morgan fingerprint density at radius 1 is 1.00 bits per heavy atom. The molecule has 8 heteroatoms. The molecule has 0 aliphatic carbocycles. The molecule has 1 aromatic carbocycles. The maximum absolute atomic E-state index is 13.1. The van der Waals surface area contributed by atoms with Crippen LogP contribution in [-0.4, -0.2) is 17.9 Å². The highest BCUT2D eigenvalue weighted by Gasteiger charge is 2.63. The van der Waals surface area contributed by atoms with Crippen molar-refractivity contribution in [3.8, 4) is 0 Å². The summed E-state index contributed by atoms with van der Waals surface area (Å²) >= 11 is 0. The number of alkyl halides is 5. The molecule has 0 aliphatic heterocycles. The number of rotatable bonds is 2. The summed E-state index contributed by atoms with van der Waals surface area (Å²) in [5.74, 6) is -12.3. The van der Waals surface area contributed by atoms with Gasteiger partial charge in [0.2, 0.25) is 5.78 Å². The van der Waals surface area contributed by atoms with Gasteiger partial charge in [-0.15, -0.1) is 0 Å². The van der Waals surface area contributed by atoms with Crippen LogP contribution in [0.4, 0.5) is 30.7 Å². The summed E-state index contributed by atoms with van der Waals surface area (Å²) in [6, 6.07) is 1.12. The van der Waals surface area contributed by atoms with Crippen LogP contribution < -0.4 is 0 Å². The van der Waals surface area contributed by atoms with Crippen LogP contribution in [-0.2, 0) is 0 Å². The summed E-state index contributed by atoms with van der Waals surface area (Å²) < 4.78 is 87.1. The molecule has 0 saturated heterocycles. The molecule has 0 bridgehead atoms. The minimum atomic E-state index is -6.17. The lowest BCUT2D eigenvalue weighted by atomic mass is 10.0. The molecule has 1 nitrogen and oxygen atoms in total. The van der Waals surface area contributed by atoms with Gasteiger partial charge in [-0.1, -0.05) is 6.07 Å². The largest absolute Gasteiger partial charge is 0.461 e. The number of ketones is 1. The van der Waals surface area contributed by atoms with Crippen molar-refractivity contribution in [2.75, 3.05) is 0 Å². The summed E-state index contributed by atoms with van der Waals surface area (Å²) in [7, 11) is 0. The highest BCUT2D eigenvalue weighted by atomic mass is 19.4. The maximum atomic E-state index is 13.1. The van der Waals surface area contributed by atoms with Crippen molar-refractivity contribution in [1.29, 1.82) is 0 Å². The fourth-order valence-corrected chi connectivity index (χ4v) is 1.12. The predicted octanol–water partition coefficient (Wildman–Crippen LogP) is 3.65. The average molecular weight is 274 g/mol. The van der Waals surface area contributed by atoms with Gasteiger partial charge in [-0.2, -0.15) is 22.0 Å². The van der Waals surface area contributed by atoms with Crippen molar-refractivity contribution in [2.45, 2.75) is 19.0 Å². The Balaban J connectivity index is 3.33. The summed E-state index contributed by atoms with van der Waals surface area (Å²) in [5, 5.41) is 0. The summed E-state index contributed by atoms with van der Waals surface area (Å²) in [4.78, 5) is 10.9. The average Bonchev–Trinajstić information content (AvgIpc) is 2.24. The van der Waals surface area contributed by atoms with E-state index in [2.05, 4.69) is 0 Å². The molecule has 0 unspecified atom stereocenters. The topological polar surface area (TPSA) is 17.1 Å². The van der Waals surface area contributed by atoms with E-state index >= 15 is 0 Å². The standard InChI is InChI=1S/C10H5F7O/c1-4-2-3-5(7(12)6(4)11)8(18)9(13,14)10(15,16)17/h2-3H,1H3. The van der Waals surface area contributed by atoms with Crippen molar-refractivity contribution >= 4 is 5.78 Å². The molecule has 0 aromatic heterocycles. The first-order chi connectivity index (χ1) is 8.00. The Morgan fingerprint density at radius 2 is 1.50 bits per heavy atom. The number of hydrogen-bond donors (Lipinski definition) is 0. The fourth-order valence-electron chi connectivity index (χ4n) is 1.12. The molecule has 0 amide bonds. The van der Waals surface area contributed by atoms with Crippen molar-refractivity contribution < 1.29 is 35.5 Å². The molecule has 0 atom stereocenters. The zero-order valence-electron chi connectivity index (χ0n) is 8.71. The number of benzene rings is 1. The van der Waals surface area contributed by atoms with Crippen LogP contribution in [0.2, 0.25) is 0 Å². The molecule has 18 heavy (non-hydrogen) atoms. The zero-order chi connectivity index (χ0) is 14.3. The normalized spacial score (nSPS) is 12.7. The van der Waals surface area contributed by atoms with Gasteiger partial charge in [0.25, 0.3) is 0 Å². The van der Waals surface area contributed by atoms with Gasteiger partial charge in [-0.25, -0.2) is 8.78 Å². The van der Waals surface area contributed by atoms with E-state index < -0.39 is 35.1 Å². The molecule has 1 aromatic rings. The second-order valence-corrected chi connectivity index (χ2v) is 3.46. The Morgan fingerprint density at radius 3 is 1.94 bits per heavy atom. The van der Waals surface area contributed by atoms with Crippen LogP contribution in [0, 0.1) is 18.6 Å². The smallest absolute Gasteiger partial charge is 0.287 e. The number of carbonyl (C=O) groups excluding carboxylic acids is 1. The first-order valence-electron chi connectivity index (χ1n) is 4.44. The summed E-state index contributed by atoms with van der Waals surface area (Å²) in [6.07, 6.45) is -6.17. The van der Waals surface area contributed by atoms with Crippen LogP contribution in [0.15, 0.2) is 12.1 Å². The quantitative estimate of drug-likeness (QED) is 0.594. The molecule has 0 saturated carbocycles. The van der Waals surface area contributed by atoms with Gasteiger partial charge in [0.05, 0.1) is 5.56 Å². The molecule has 0 N–H and O–H groups in total. The van der Waals surface area contributed by atoms with E-state index in [0.717, 1.165) is 13.0 Å². The van der Waals surface area contributed by atoms with Crippen molar-refractivity contribution in [1.82, 2.24) is 0 Å². The minimum Gasteiger partial charge on any atom is -0.287 e. The van der Waals surface area contributed by atoms with Crippen LogP contribution >= 0.6 is 0 Å². The highest BCUT2D eigenvalue weighted by Crippen LogP contribution is 2.38. The summed E-state index contributed by atoms with van der Waals surface area (Å²) in [6.45, 7) is 1.06. The van der Waals surface area contributed by atoms with Crippen LogP contribution in [0.1, 0.15) is 15.9 Å². The molecule has 100 valence electrons. The Bertz CT molecular complexity index is 490. The van der Waals surface area contributed by atoms with E-state index in [1.807, 2.05) is 0 Å². The van der Waals surface area contributed by atoms with Crippen molar-refractivity contribution in [3.05, 3.63) is 34.9 Å². The number of halogens is 7. The second kappa shape index (κ2) is 4.25. The van der Waals surface area contributed by atoms with Gasteiger partial charge >= 0.3 is 12.1 Å². The van der Waals surface area contributed by atoms with Gasteiger partial charge in [0.15, 0.2) is 11.6 Å². The van der Waals surface area contributed by atoms with E-state index in [-0.39, 0.29) is 5.56 Å². The Kier molecular flexibility index (Phi) is 3.42. The van der Waals surface area contributed by atoms with Crippen molar-refractivity contribution in [3.63, 3.8) is 0 Å². The number of carbonyl (C=O) groups is 1. The molecular formula is C10H5F7O. The van der Waals surface area contributed by atoms with Gasteiger partial charge in [0.1, 0.15) is 0 Å². The lowest BCUT2D eigenvalue weighted by Crippen LogP contribution is -2.44. The highest BCUT2D eigenvalue weighted by molar-refractivity contribution is 6.02. The Labute approximate surface area is 96.2 Å². The molecular weight excluding hydrogens is 269 g/mol. The van der Waals surface area contributed by atoms with Crippen molar-refractivity contribution in [2.24, 2.45) is 0 Å². The number of hydrogen-bond acceptors (Lipinski definition) is 1. The molecule has 0 aliphatic rings. The third kappa shape index (κ3) is 2.19. The van der Waals surface area contributed by atoms with Crippen LogP contribution in [0.5, 0.6) is 0 Å². The van der Waals surface area contributed by atoms with Gasteiger partial charge in [-0.3, -0.25) is 4.79 Å². The monoisotopic (exact) mass is 274 g/mol. The van der Waals surface area contributed by atoms with Gasteiger partial charge in [0, 0.05) is 0 Å². The van der Waals surface area contributed by atoms with E-state index in [1.165, 1.54) is 0 Å². The lowest BCUT2D eigenvalue weighted by molar-refractivity contribution is -0.255. The van der Waals surface area contributed by atoms with Crippen LogP contribution in [0.3, 0.4) is 0 Å². The number of aryl methyl sites for hydroxylation is 1. The first-order valence-corrected chi connectivity index (χ1v) is 4.44. The zero-order valence-corrected chi connectivity index (χ0v) is 8.71. The maximum Gasteiger partial charge on any atom is 0.461 e. The predicted molar refractivity (Wildman–Crippen MR) is 46.4 cm³/mol. The third-order valence-corrected chi connectivity index (χ3v) is 2.16. The molecule has 0 radical (unpaired) electrons. The molecule has 0 heterocycles. The number of Topliss-reactive ketones (excluding diaryl/α,β-unsaturated/α-hetero) is 1. The van der Waals surface area contributed by atoms with E-state index in [9.17, 15) is 35.5 Å². The van der Waals surface area contributed by atoms with E-state index in [4.69, 9.17) is 0 Å². The Hall–Kier alpha value is -1.60. The summed E-state index contributed by atoms with van der Waals surface area (Å²) in [5.41, 5.74) is -1.96. The van der Waals surface area contributed by atoms with E-state index in [0.29, 0.717) is 6.07 Å². The van der Waals surface area contributed by atoms with E-state index in [1.54, 1.807) is 0 Å². The molecule has 1 rings (SSSR count). The third-order valence-electron chi connectivity index (χ3n) is 2.16. The first kappa shape index (κ1) is 14.5. The SMILES string of the molecule is Cc1ccc(C(=O)C(F)(F)C(F)(F)F)c(F)c1F. The van der Waals surface area contributed by atoms with Gasteiger partial charge in [-0.05, 0) is 18.6 Å². The second-order valence-electron chi connectivity index (χ2n) is 3.46. The lowest BCUT2D eigenvalue weighted by Gasteiger charge is -2.18. The minimum absolute atomic E-state index is 0.320.